The van der Waals surface area contributed by atoms with Crippen molar-refractivity contribution in [3.05, 3.63) is 95.6 Å². The molecule has 0 radical (unpaired) electrons. The summed E-state index contributed by atoms with van der Waals surface area (Å²) in [5, 5.41) is 15.0. The van der Waals surface area contributed by atoms with Gasteiger partial charge < -0.3 is 20.5 Å². The first kappa shape index (κ1) is 28.4. The van der Waals surface area contributed by atoms with Crippen LogP contribution in [0.15, 0.2) is 78.9 Å². The highest BCUT2D eigenvalue weighted by molar-refractivity contribution is 5.90. The lowest BCUT2D eigenvalue weighted by molar-refractivity contribution is -0.141. The molecule has 3 aromatic rings. The van der Waals surface area contributed by atoms with Crippen LogP contribution in [0.1, 0.15) is 48.8 Å². The molecular weight excluding hydrogens is 518 g/mol. The van der Waals surface area contributed by atoms with Gasteiger partial charge in [0.2, 0.25) is 5.91 Å². The molecule has 0 saturated carbocycles. The van der Waals surface area contributed by atoms with Gasteiger partial charge in [0.25, 0.3) is 0 Å². The topological polar surface area (TPSA) is 108 Å². The van der Waals surface area contributed by atoms with Crippen molar-refractivity contribution in [2.24, 2.45) is 5.92 Å². The van der Waals surface area contributed by atoms with Gasteiger partial charge in [0.05, 0.1) is 5.92 Å². The molecule has 1 heterocycles. The lowest BCUT2D eigenvalue weighted by Crippen LogP contribution is -2.60. The van der Waals surface area contributed by atoms with Crippen molar-refractivity contribution < 1.29 is 24.2 Å². The number of nitrogens with zero attached hydrogens (tertiary/aromatic N) is 1. The van der Waals surface area contributed by atoms with E-state index in [4.69, 9.17) is 9.84 Å². The van der Waals surface area contributed by atoms with Crippen LogP contribution in [0.3, 0.4) is 0 Å². The lowest BCUT2D eigenvalue weighted by Gasteiger charge is -2.29. The van der Waals surface area contributed by atoms with E-state index in [1.807, 2.05) is 54.6 Å². The van der Waals surface area contributed by atoms with Crippen molar-refractivity contribution >= 4 is 18.0 Å². The van der Waals surface area contributed by atoms with Crippen molar-refractivity contribution in [2.75, 3.05) is 26.2 Å². The second-order valence-electron chi connectivity index (χ2n) is 11.1. The molecular formula is C33H37N3O5. The number of likely N-dealkylation sites (tertiary alicyclic amines) is 1. The average molecular weight is 556 g/mol. The van der Waals surface area contributed by atoms with E-state index in [2.05, 4.69) is 39.8 Å². The van der Waals surface area contributed by atoms with Crippen molar-refractivity contribution in [1.82, 2.24) is 15.5 Å². The molecule has 0 aromatic heterocycles. The van der Waals surface area contributed by atoms with Gasteiger partial charge in [-0.15, -0.1) is 0 Å². The Morgan fingerprint density at radius 3 is 2.27 bits per heavy atom. The molecule has 2 unspecified atom stereocenters. The van der Waals surface area contributed by atoms with Crippen LogP contribution in [0, 0.1) is 5.92 Å². The molecule has 2 aliphatic rings. The van der Waals surface area contributed by atoms with Gasteiger partial charge in [-0.1, -0.05) is 85.8 Å². The van der Waals surface area contributed by atoms with E-state index in [1.165, 1.54) is 0 Å². The maximum absolute atomic E-state index is 13.5. The third kappa shape index (κ3) is 6.43. The number of hydrogen-bond acceptors (Lipinski definition) is 5. The zero-order valence-corrected chi connectivity index (χ0v) is 23.3. The Labute approximate surface area is 240 Å². The summed E-state index contributed by atoms with van der Waals surface area (Å²) in [6, 6.07) is 26.4. The molecule has 1 saturated heterocycles. The maximum Gasteiger partial charge on any atom is 0.408 e. The summed E-state index contributed by atoms with van der Waals surface area (Å²) in [5.41, 5.74) is 4.54. The number of ether oxygens (including phenoxy) is 1. The van der Waals surface area contributed by atoms with Crippen LogP contribution in [-0.2, 0) is 20.9 Å². The van der Waals surface area contributed by atoms with E-state index in [9.17, 15) is 14.4 Å². The van der Waals surface area contributed by atoms with E-state index in [1.54, 1.807) is 6.92 Å². The molecule has 3 N–H and O–H groups in total. The summed E-state index contributed by atoms with van der Waals surface area (Å²) in [6.07, 6.45) is 0.820. The normalized spacial score (nSPS) is 18.8. The van der Waals surface area contributed by atoms with Gasteiger partial charge in [0.15, 0.2) is 0 Å². The summed E-state index contributed by atoms with van der Waals surface area (Å²) in [5.74, 6) is -1.68. The lowest BCUT2D eigenvalue weighted by atomic mass is 9.97. The second kappa shape index (κ2) is 12.6. The van der Waals surface area contributed by atoms with Crippen LogP contribution < -0.4 is 10.6 Å². The predicted octanol–water partition coefficient (Wildman–Crippen LogP) is 4.79. The highest BCUT2D eigenvalue weighted by Gasteiger charge is 2.46. The standard InChI is InChI=1S/C33H37N3O5/c1-23(30(37)38)10-9-18-34-31(39)33(17-19-36(22-33)20-24-11-3-2-4-12-24)35-32(40)41-21-29-27-15-7-5-13-25(27)26-14-6-8-16-28(26)29/h2-8,11-16,23,29H,9-10,17-22H2,1H3,(H,34,39)(H,35,40)(H,37,38). The predicted molar refractivity (Wildman–Crippen MR) is 156 cm³/mol. The average Bonchev–Trinajstić information content (AvgIpc) is 3.53. The Bertz CT molecular complexity index is 1350. The monoisotopic (exact) mass is 555 g/mol. The minimum absolute atomic E-state index is 0.0766. The number of rotatable bonds is 11. The SMILES string of the molecule is CC(CCCNC(=O)C1(NC(=O)OCC2c3ccccc3-c3ccccc32)CCN(Cc2ccccc2)C1)C(=O)O. The van der Waals surface area contributed by atoms with Crippen LogP contribution in [0.5, 0.6) is 0 Å². The summed E-state index contributed by atoms with van der Waals surface area (Å²) < 4.78 is 5.80. The van der Waals surface area contributed by atoms with Gasteiger partial charge in [-0.2, -0.15) is 0 Å². The van der Waals surface area contributed by atoms with Gasteiger partial charge >= 0.3 is 12.1 Å². The van der Waals surface area contributed by atoms with Gasteiger partial charge in [-0.3, -0.25) is 14.5 Å². The highest BCUT2D eigenvalue weighted by Crippen LogP contribution is 2.44. The van der Waals surface area contributed by atoms with E-state index in [-0.39, 0.29) is 18.4 Å². The summed E-state index contributed by atoms with van der Waals surface area (Å²) in [6.45, 7) is 3.81. The highest BCUT2D eigenvalue weighted by atomic mass is 16.5. The summed E-state index contributed by atoms with van der Waals surface area (Å²) in [7, 11) is 0. The van der Waals surface area contributed by atoms with Crippen molar-refractivity contribution in [3.63, 3.8) is 0 Å². The Kier molecular flexibility index (Phi) is 8.69. The molecule has 214 valence electrons. The molecule has 3 aromatic carbocycles. The minimum atomic E-state index is -1.14. The fourth-order valence-corrected chi connectivity index (χ4v) is 5.94. The van der Waals surface area contributed by atoms with Crippen molar-refractivity contribution in [1.29, 1.82) is 0 Å². The number of amides is 2. The quantitative estimate of drug-likeness (QED) is 0.294. The van der Waals surface area contributed by atoms with Crippen LogP contribution in [-0.4, -0.2) is 59.8 Å². The number of aliphatic carboxylic acids is 1. The fourth-order valence-electron chi connectivity index (χ4n) is 5.94. The molecule has 8 heteroatoms. The Morgan fingerprint density at radius 1 is 0.976 bits per heavy atom. The van der Waals surface area contributed by atoms with Crippen molar-refractivity contribution in [3.8, 4) is 11.1 Å². The van der Waals surface area contributed by atoms with Gasteiger partial charge in [-0.05, 0) is 47.1 Å². The first-order chi connectivity index (χ1) is 19.9. The minimum Gasteiger partial charge on any atom is -0.481 e. The van der Waals surface area contributed by atoms with E-state index < -0.39 is 23.5 Å². The van der Waals surface area contributed by atoms with Gasteiger partial charge in [0, 0.05) is 32.1 Å². The first-order valence-corrected chi connectivity index (χ1v) is 14.3. The number of carboxylic acids is 1. The van der Waals surface area contributed by atoms with Crippen molar-refractivity contribution in [2.45, 2.75) is 44.2 Å². The Morgan fingerprint density at radius 2 is 1.61 bits per heavy atom. The molecule has 2 amide bonds. The van der Waals surface area contributed by atoms with Crippen LogP contribution in [0.4, 0.5) is 4.79 Å². The summed E-state index contributed by atoms with van der Waals surface area (Å²) >= 11 is 0. The van der Waals surface area contributed by atoms with E-state index in [0.717, 1.165) is 27.8 Å². The molecule has 1 fully saturated rings. The summed E-state index contributed by atoms with van der Waals surface area (Å²) in [4.78, 5) is 40.1. The van der Waals surface area contributed by atoms with Crippen LogP contribution in [0.2, 0.25) is 0 Å². The zero-order valence-electron chi connectivity index (χ0n) is 23.3. The largest absolute Gasteiger partial charge is 0.481 e. The molecule has 1 aliphatic heterocycles. The molecule has 0 spiro atoms. The second-order valence-corrected chi connectivity index (χ2v) is 11.1. The number of nitrogens with one attached hydrogen (secondary N) is 2. The molecule has 1 aliphatic carbocycles. The number of benzene rings is 3. The van der Waals surface area contributed by atoms with Crippen LogP contribution in [0.25, 0.3) is 11.1 Å². The molecule has 5 rings (SSSR count). The third-order valence-electron chi connectivity index (χ3n) is 8.24. The third-order valence-corrected chi connectivity index (χ3v) is 8.24. The molecule has 41 heavy (non-hydrogen) atoms. The number of alkyl carbamates (subject to hydrolysis) is 1. The number of carbonyl (C=O) groups excluding carboxylic acids is 2. The number of carboxylic acid groups (broad SMARTS) is 1. The maximum atomic E-state index is 13.5. The fraction of sp³-hybridized carbons (Fsp3) is 0.364. The molecule has 8 nitrogen and oxygen atoms in total. The molecule has 0 bridgehead atoms. The van der Waals surface area contributed by atoms with E-state index in [0.29, 0.717) is 45.4 Å². The Hall–Kier alpha value is -4.17. The van der Waals surface area contributed by atoms with Crippen LogP contribution >= 0.6 is 0 Å². The number of carbonyl (C=O) groups is 3. The Balaban J connectivity index is 1.25. The number of fused-ring (bicyclic) bond motifs is 3. The zero-order chi connectivity index (χ0) is 28.8. The van der Waals surface area contributed by atoms with E-state index >= 15 is 0 Å². The first-order valence-electron chi connectivity index (χ1n) is 14.3. The smallest absolute Gasteiger partial charge is 0.408 e. The molecule has 2 atom stereocenters. The number of hydrogen-bond donors (Lipinski definition) is 3. The van der Waals surface area contributed by atoms with Gasteiger partial charge in [-0.25, -0.2) is 4.79 Å². The van der Waals surface area contributed by atoms with Gasteiger partial charge in [0.1, 0.15) is 12.1 Å².